The highest BCUT2D eigenvalue weighted by molar-refractivity contribution is 7.92. The predicted molar refractivity (Wildman–Crippen MR) is 130 cm³/mol. The maximum Gasteiger partial charge on any atom is 0.248 e. The minimum atomic E-state index is -3.96. The lowest BCUT2D eigenvalue weighted by atomic mass is 10.2. The smallest absolute Gasteiger partial charge is 0.248 e. The number of amides is 1. The van der Waals surface area contributed by atoms with Gasteiger partial charge >= 0.3 is 0 Å². The summed E-state index contributed by atoms with van der Waals surface area (Å²) in [6.07, 6.45) is 0.930. The number of carbonyl (C=O) groups excluding carboxylic acids is 1. The predicted octanol–water partition coefficient (Wildman–Crippen LogP) is 3.48. The summed E-state index contributed by atoms with van der Waals surface area (Å²) in [6.45, 7) is 4.71. The van der Waals surface area contributed by atoms with E-state index < -0.39 is 32.0 Å². The molecule has 0 aliphatic carbocycles. The lowest BCUT2D eigenvalue weighted by Gasteiger charge is -2.29. The van der Waals surface area contributed by atoms with E-state index in [4.69, 9.17) is 27.9 Å². The SMILES string of the molecule is COc1ccc(S(=O)(=O)NC(C)C)cc1NC(=O)[C@H](C)N(c1cc(Cl)ccc1Cl)S(C)(=O)=O. The van der Waals surface area contributed by atoms with Crippen LogP contribution in [0.3, 0.4) is 0 Å². The number of carbonyl (C=O) groups is 1. The fraction of sp³-hybridized carbons (Fsp3) is 0.350. The van der Waals surface area contributed by atoms with E-state index in [1.165, 1.54) is 50.4 Å². The molecule has 0 aromatic heterocycles. The average molecular weight is 538 g/mol. The molecular weight excluding hydrogens is 513 g/mol. The largest absolute Gasteiger partial charge is 0.495 e. The third-order valence-corrected chi connectivity index (χ3v) is 7.80. The Morgan fingerprint density at radius 2 is 1.67 bits per heavy atom. The molecule has 0 bridgehead atoms. The van der Waals surface area contributed by atoms with E-state index in [9.17, 15) is 21.6 Å². The zero-order valence-corrected chi connectivity index (χ0v) is 21.7. The third-order valence-electron chi connectivity index (χ3n) is 4.36. The molecule has 2 aromatic carbocycles. The minimum absolute atomic E-state index is 0.0266. The first-order valence-electron chi connectivity index (χ1n) is 9.63. The van der Waals surface area contributed by atoms with Crippen molar-refractivity contribution >= 4 is 60.5 Å². The van der Waals surface area contributed by atoms with Gasteiger partial charge in [-0.25, -0.2) is 21.6 Å². The van der Waals surface area contributed by atoms with Crippen LogP contribution in [0.4, 0.5) is 11.4 Å². The molecule has 0 radical (unpaired) electrons. The summed E-state index contributed by atoms with van der Waals surface area (Å²) in [5.41, 5.74) is 0.0744. The van der Waals surface area contributed by atoms with Gasteiger partial charge in [-0.15, -0.1) is 0 Å². The van der Waals surface area contributed by atoms with Gasteiger partial charge in [-0.1, -0.05) is 23.2 Å². The molecular formula is C20H25Cl2N3O6S2. The number of hydrogen-bond acceptors (Lipinski definition) is 6. The molecule has 13 heteroatoms. The van der Waals surface area contributed by atoms with Gasteiger partial charge in [0.05, 0.1) is 34.7 Å². The molecule has 0 spiro atoms. The third kappa shape index (κ3) is 6.73. The fourth-order valence-corrected chi connectivity index (χ4v) is 5.88. The number of anilines is 2. The molecule has 0 fully saturated rings. The van der Waals surface area contributed by atoms with Crippen LogP contribution in [0.1, 0.15) is 20.8 Å². The highest BCUT2D eigenvalue weighted by atomic mass is 35.5. The van der Waals surface area contributed by atoms with E-state index in [2.05, 4.69) is 10.0 Å². The lowest BCUT2D eigenvalue weighted by molar-refractivity contribution is -0.116. The van der Waals surface area contributed by atoms with E-state index in [0.717, 1.165) is 10.6 Å². The van der Waals surface area contributed by atoms with Crippen molar-refractivity contribution in [2.45, 2.75) is 37.8 Å². The second-order valence-electron chi connectivity index (χ2n) is 7.46. The average Bonchev–Trinajstić information content (AvgIpc) is 2.68. The van der Waals surface area contributed by atoms with Gasteiger partial charge in [0.25, 0.3) is 0 Å². The molecule has 0 saturated heterocycles. The van der Waals surface area contributed by atoms with Crippen molar-refractivity contribution in [2.75, 3.05) is 23.0 Å². The fourth-order valence-electron chi connectivity index (χ4n) is 3.00. The zero-order chi connectivity index (χ0) is 25.1. The molecule has 33 heavy (non-hydrogen) atoms. The van der Waals surface area contributed by atoms with E-state index in [0.29, 0.717) is 0 Å². The standard InChI is InChI=1S/C20H25Cl2N3O6S2/c1-12(2)24-33(29,30)15-7-9-19(31-4)17(11-15)23-20(26)13(3)25(32(5,27)28)18-10-14(21)6-8-16(18)22/h6-13,24H,1-5H3,(H,23,26)/t13-/m0/s1. The van der Waals surface area contributed by atoms with Gasteiger partial charge in [0.15, 0.2) is 0 Å². The van der Waals surface area contributed by atoms with Gasteiger partial charge in [-0.05, 0) is 57.2 Å². The van der Waals surface area contributed by atoms with Crippen LogP contribution in [0.2, 0.25) is 10.0 Å². The first-order valence-corrected chi connectivity index (χ1v) is 13.7. The highest BCUT2D eigenvalue weighted by Crippen LogP contribution is 2.33. The van der Waals surface area contributed by atoms with Gasteiger partial charge in [-0.3, -0.25) is 9.10 Å². The van der Waals surface area contributed by atoms with Gasteiger partial charge in [0, 0.05) is 11.1 Å². The van der Waals surface area contributed by atoms with Crippen molar-refractivity contribution in [3.8, 4) is 5.75 Å². The maximum absolute atomic E-state index is 13.1. The summed E-state index contributed by atoms with van der Waals surface area (Å²) < 4.78 is 58.6. The van der Waals surface area contributed by atoms with Crippen LogP contribution in [0, 0.1) is 0 Å². The number of methoxy groups -OCH3 is 1. The highest BCUT2D eigenvalue weighted by Gasteiger charge is 2.31. The van der Waals surface area contributed by atoms with Crippen LogP contribution in [-0.4, -0.2) is 48.2 Å². The molecule has 0 saturated carbocycles. The Kier molecular flexibility index (Phi) is 8.63. The topological polar surface area (TPSA) is 122 Å². The van der Waals surface area contributed by atoms with Crippen LogP contribution in [0.15, 0.2) is 41.3 Å². The Bertz CT molecular complexity index is 1250. The summed E-state index contributed by atoms with van der Waals surface area (Å²) in [7, 11) is -6.46. The Balaban J connectivity index is 2.47. The monoisotopic (exact) mass is 537 g/mol. The lowest BCUT2D eigenvalue weighted by Crippen LogP contribution is -2.45. The van der Waals surface area contributed by atoms with Crippen molar-refractivity contribution in [3.05, 3.63) is 46.4 Å². The van der Waals surface area contributed by atoms with Crippen LogP contribution >= 0.6 is 23.2 Å². The Labute approximate surface area is 204 Å². The molecule has 0 aliphatic rings. The van der Waals surface area contributed by atoms with E-state index in [1.807, 2.05) is 0 Å². The van der Waals surface area contributed by atoms with Crippen LogP contribution in [-0.2, 0) is 24.8 Å². The molecule has 1 amide bonds. The van der Waals surface area contributed by atoms with Crippen LogP contribution < -0.4 is 19.1 Å². The summed E-state index contributed by atoms with van der Waals surface area (Å²) in [6, 6.07) is 6.57. The number of halogens is 2. The van der Waals surface area contributed by atoms with E-state index in [1.54, 1.807) is 13.8 Å². The number of nitrogens with one attached hydrogen (secondary N) is 2. The number of benzene rings is 2. The molecule has 1 atom stereocenters. The zero-order valence-electron chi connectivity index (χ0n) is 18.6. The van der Waals surface area contributed by atoms with Crippen molar-refractivity contribution in [1.29, 1.82) is 0 Å². The number of hydrogen-bond donors (Lipinski definition) is 2. The summed E-state index contributed by atoms with van der Waals surface area (Å²) in [5, 5.41) is 2.85. The van der Waals surface area contributed by atoms with Gasteiger partial charge < -0.3 is 10.1 Å². The van der Waals surface area contributed by atoms with Crippen LogP contribution in [0.25, 0.3) is 0 Å². The number of sulfonamides is 2. The summed E-state index contributed by atoms with van der Waals surface area (Å²) in [5.74, 6) is -0.563. The quantitative estimate of drug-likeness (QED) is 0.504. The van der Waals surface area contributed by atoms with Gasteiger partial charge in [0.1, 0.15) is 11.8 Å². The first-order chi connectivity index (χ1) is 15.2. The number of rotatable bonds is 9. The molecule has 182 valence electrons. The van der Waals surface area contributed by atoms with E-state index >= 15 is 0 Å². The molecule has 2 rings (SSSR count). The molecule has 2 N–H and O–H groups in total. The Morgan fingerprint density at radius 3 is 2.21 bits per heavy atom. The van der Waals surface area contributed by atoms with Crippen LogP contribution in [0.5, 0.6) is 5.75 Å². The molecule has 0 heterocycles. The number of nitrogens with zero attached hydrogens (tertiary/aromatic N) is 1. The maximum atomic E-state index is 13.1. The summed E-state index contributed by atoms with van der Waals surface area (Å²) >= 11 is 12.2. The van der Waals surface area contributed by atoms with Crippen molar-refractivity contribution < 1.29 is 26.4 Å². The van der Waals surface area contributed by atoms with Crippen molar-refractivity contribution in [3.63, 3.8) is 0 Å². The van der Waals surface area contributed by atoms with Gasteiger partial charge in [-0.2, -0.15) is 0 Å². The second kappa shape index (κ2) is 10.5. The van der Waals surface area contributed by atoms with Gasteiger partial charge in [0.2, 0.25) is 26.0 Å². The second-order valence-corrected chi connectivity index (χ2v) is 11.9. The first kappa shape index (κ1) is 27.2. The molecule has 0 unspecified atom stereocenters. The van der Waals surface area contributed by atoms with Crippen molar-refractivity contribution in [1.82, 2.24) is 4.72 Å². The Hall–Kier alpha value is -2.05. The van der Waals surface area contributed by atoms with Crippen molar-refractivity contribution in [2.24, 2.45) is 0 Å². The molecule has 0 aliphatic heterocycles. The Morgan fingerprint density at radius 1 is 1.03 bits per heavy atom. The molecule has 2 aromatic rings. The van der Waals surface area contributed by atoms with E-state index in [-0.39, 0.29) is 38.1 Å². The molecule has 9 nitrogen and oxygen atoms in total. The minimum Gasteiger partial charge on any atom is -0.495 e. The number of ether oxygens (including phenoxy) is 1. The normalized spacial score (nSPS) is 13.0. The summed E-state index contributed by atoms with van der Waals surface area (Å²) in [4.78, 5) is 13.0.